The molecule has 2 aromatic rings. The largest absolute Gasteiger partial charge is 0.480 e. The minimum absolute atomic E-state index is 0.346. The summed E-state index contributed by atoms with van der Waals surface area (Å²) < 4.78 is 5.91. The van der Waals surface area contributed by atoms with Crippen LogP contribution in [0.5, 0.6) is 0 Å². The van der Waals surface area contributed by atoms with Crippen LogP contribution >= 0.6 is 11.3 Å². The summed E-state index contributed by atoms with van der Waals surface area (Å²) in [4.78, 5) is 23.9. The van der Waals surface area contributed by atoms with Crippen LogP contribution in [0, 0.1) is 0 Å². The van der Waals surface area contributed by atoms with Gasteiger partial charge in [-0.3, -0.25) is 4.79 Å². The third-order valence-electron chi connectivity index (χ3n) is 3.09. The molecule has 1 atom stereocenters. The summed E-state index contributed by atoms with van der Waals surface area (Å²) in [5.41, 5.74) is 0. The number of rotatable bonds is 7. The summed E-state index contributed by atoms with van der Waals surface area (Å²) in [7, 11) is 1.56. The van der Waals surface area contributed by atoms with Crippen molar-refractivity contribution in [3.05, 3.63) is 35.2 Å². The lowest BCUT2D eigenvalue weighted by atomic mass is 10.1. The third kappa shape index (κ3) is 4.03. The fourth-order valence-electron chi connectivity index (χ4n) is 2.01. The molecule has 0 fully saturated rings. The van der Waals surface area contributed by atoms with E-state index in [1.807, 2.05) is 24.3 Å². The van der Waals surface area contributed by atoms with Gasteiger partial charge in [0.15, 0.2) is 0 Å². The predicted molar refractivity (Wildman–Crippen MR) is 81.8 cm³/mol. The molecule has 0 saturated carbocycles. The number of carboxylic acid groups (broad SMARTS) is 1. The molecule has 1 amide bonds. The number of carbonyl (C=O) groups excluding carboxylic acids is 1. The highest BCUT2D eigenvalue weighted by Crippen LogP contribution is 2.25. The van der Waals surface area contributed by atoms with Gasteiger partial charge in [0.1, 0.15) is 6.04 Å². The summed E-state index contributed by atoms with van der Waals surface area (Å²) >= 11 is 1.36. The van der Waals surface area contributed by atoms with Gasteiger partial charge in [-0.15, -0.1) is 11.3 Å². The molecule has 21 heavy (non-hydrogen) atoms. The first kappa shape index (κ1) is 15.5. The monoisotopic (exact) mass is 307 g/mol. The number of ether oxygens (including phenoxy) is 1. The van der Waals surface area contributed by atoms with E-state index in [0.29, 0.717) is 24.3 Å². The molecule has 1 aromatic carbocycles. The van der Waals surface area contributed by atoms with Crippen molar-refractivity contribution in [1.29, 1.82) is 0 Å². The number of hydrogen-bond acceptors (Lipinski definition) is 4. The molecule has 0 saturated heterocycles. The first-order valence-electron chi connectivity index (χ1n) is 6.63. The summed E-state index contributed by atoms with van der Waals surface area (Å²) in [5.74, 6) is -1.37. The molecule has 5 nitrogen and oxygen atoms in total. The molecule has 0 aliphatic rings. The van der Waals surface area contributed by atoms with Crippen molar-refractivity contribution in [2.45, 2.75) is 18.9 Å². The predicted octanol–water partition coefficient (Wildman–Crippen LogP) is 2.51. The van der Waals surface area contributed by atoms with E-state index in [1.165, 1.54) is 11.3 Å². The number of nitrogens with one attached hydrogen (secondary N) is 1. The van der Waals surface area contributed by atoms with Gasteiger partial charge in [-0.05, 0) is 30.4 Å². The van der Waals surface area contributed by atoms with Gasteiger partial charge in [0.05, 0.1) is 4.88 Å². The smallest absolute Gasteiger partial charge is 0.326 e. The van der Waals surface area contributed by atoms with E-state index in [9.17, 15) is 9.59 Å². The molecule has 1 aromatic heterocycles. The number of methoxy groups -OCH3 is 1. The highest BCUT2D eigenvalue weighted by molar-refractivity contribution is 7.20. The molecule has 0 radical (unpaired) electrons. The fourth-order valence-corrected chi connectivity index (χ4v) is 2.98. The van der Waals surface area contributed by atoms with Gasteiger partial charge in [-0.2, -0.15) is 0 Å². The van der Waals surface area contributed by atoms with Crippen molar-refractivity contribution in [2.75, 3.05) is 13.7 Å². The van der Waals surface area contributed by atoms with Crippen molar-refractivity contribution in [1.82, 2.24) is 5.32 Å². The minimum Gasteiger partial charge on any atom is -0.480 e. The third-order valence-corrected chi connectivity index (χ3v) is 4.21. The Kier molecular flexibility index (Phi) is 5.30. The second-order valence-corrected chi connectivity index (χ2v) is 5.73. The van der Waals surface area contributed by atoms with Crippen molar-refractivity contribution in [3.8, 4) is 0 Å². The fraction of sp³-hybridized carbons (Fsp3) is 0.333. The van der Waals surface area contributed by atoms with Gasteiger partial charge >= 0.3 is 5.97 Å². The molecule has 0 bridgehead atoms. The van der Waals surface area contributed by atoms with Crippen molar-refractivity contribution in [2.24, 2.45) is 0 Å². The Bertz CT molecular complexity index is 604. The van der Waals surface area contributed by atoms with Gasteiger partial charge in [0.25, 0.3) is 5.91 Å². The first-order valence-corrected chi connectivity index (χ1v) is 7.44. The molecule has 2 rings (SSSR count). The van der Waals surface area contributed by atoms with Crippen LogP contribution in [0.25, 0.3) is 10.1 Å². The van der Waals surface area contributed by atoms with Gasteiger partial charge in [-0.1, -0.05) is 18.2 Å². The number of aliphatic carboxylic acids is 1. The zero-order chi connectivity index (χ0) is 15.2. The van der Waals surface area contributed by atoms with E-state index in [-0.39, 0.29) is 5.91 Å². The molecule has 0 aliphatic heterocycles. The average Bonchev–Trinajstić information content (AvgIpc) is 2.90. The number of carbonyl (C=O) groups is 2. The summed E-state index contributed by atoms with van der Waals surface area (Å²) in [6.07, 6.45) is 0.931. The maximum absolute atomic E-state index is 12.2. The zero-order valence-corrected chi connectivity index (χ0v) is 12.5. The first-order chi connectivity index (χ1) is 10.1. The average molecular weight is 307 g/mol. The van der Waals surface area contributed by atoms with E-state index < -0.39 is 12.0 Å². The topological polar surface area (TPSA) is 75.6 Å². The molecule has 0 aliphatic carbocycles. The highest BCUT2D eigenvalue weighted by atomic mass is 32.1. The lowest BCUT2D eigenvalue weighted by Gasteiger charge is -2.13. The van der Waals surface area contributed by atoms with Crippen LogP contribution < -0.4 is 5.32 Å². The number of carboxylic acids is 1. The molecule has 1 unspecified atom stereocenters. The Morgan fingerprint density at radius 3 is 2.81 bits per heavy atom. The van der Waals surface area contributed by atoms with Crippen LogP contribution in [0.4, 0.5) is 0 Å². The number of thiophene rings is 1. The van der Waals surface area contributed by atoms with Crippen LogP contribution in [0.3, 0.4) is 0 Å². The molecule has 0 spiro atoms. The molecular formula is C15H17NO4S. The molecular weight excluding hydrogens is 290 g/mol. The summed E-state index contributed by atoms with van der Waals surface area (Å²) in [6.45, 7) is 0.475. The normalized spacial score (nSPS) is 12.2. The standard InChI is InChI=1S/C15H17NO4S/c1-20-8-4-6-11(15(18)19)16-14(17)13-9-10-5-2-3-7-12(10)21-13/h2-3,5,7,9,11H,4,6,8H2,1H3,(H,16,17)(H,18,19). The molecule has 1 heterocycles. The maximum atomic E-state index is 12.2. The Morgan fingerprint density at radius 2 is 2.14 bits per heavy atom. The Balaban J connectivity index is 2.05. The van der Waals surface area contributed by atoms with E-state index >= 15 is 0 Å². The van der Waals surface area contributed by atoms with E-state index in [4.69, 9.17) is 9.84 Å². The molecule has 112 valence electrons. The molecule has 6 heteroatoms. The van der Waals surface area contributed by atoms with E-state index in [0.717, 1.165) is 10.1 Å². The summed E-state index contributed by atoms with van der Waals surface area (Å²) in [5, 5.41) is 12.7. The lowest BCUT2D eigenvalue weighted by molar-refractivity contribution is -0.139. The van der Waals surface area contributed by atoms with E-state index in [2.05, 4.69) is 5.32 Å². The SMILES string of the molecule is COCCCC(NC(=O)c1cc2ccccc2s1)C(=O)O. The van der Waals surface area contributed by atoms with Crippen LogP contribution in [0.2, 0.25) is 0 Å². The van der Waals surface area contributed by atoms with Gasteiger partial charge in [0.2, 0.25) is 0 Å². The second kappa shape index (κ2) is 7.19. The highest BCUT2D eigenvalue weighted by Gasteiger charge is 2.21. The van der Waals surface area contributed by atoms with Crippen LogP contribution in [0.1, 0.15) is 22.5 Å². The maximum Gasteiger partial charge on any atom is 0.326 e. The number of amides is 1. The van der Waals surface area contributed by atoms with Crippen molar-refractivity contribution < 1.29 is 19.4 Å². The van der Waals surface area contributed by atoms with Gasteiger partial charge in [-0.25, -0.2) is 4.79 Å². The Morgan fingerprint density at radius 1 is 1.38 bits per heavy atom. The Hall–Kier alpha value is -1.92. The van der Waals surface area contributed by atoms with E-state index in [1.54, 1.807) is 13.2 Å². The minimum atomic E-state index is -1.03. The van der Waals surface area contributed by atoms with Crippen molar-refractivity contribution in [3.63, 3.8) is 0 Å². The number of hydrogen-bond donors (Lipinski definition) is 2. The lowest BCUT2D eigenvalue weighted by Crippen LogP contribution is -2.40. The quantitative estimate of drug-likeness (QED) is 0.771. The van der Waals surface area contributed by atoms with Crippen LogP contribution in [-0.4, -0.2) is 36.7 Å². The van der Waals surface area contributed by atoms with Crippen molar-refractivity contribution >= 4 is 33.3 Å². The molecule has 2 N–H and O–H groups in total. The number of fused-ring (bicyclic) bond motifs is 1. The Labute approximate surface area is 126 Å². The zero-order valence-electron chi connectivity index (χ0n) is 11.7. The summed E-state index contributed by atoms with van der Waals surface area (Å²) in [6, 6.07) is 8.56. The van der Waals surface area contributed by atoms with Crippen LogP contribution in [0.15, 0.2) is 30.3 Å². The second-order valence-electron chi connectivity index (χ2n) is 4.65. The van der Waals surface area contributed by atoms with Gasteiger partial charge < -0.3 is 15.2 Å². The number of benzene rings is 1. The van der Waals surface area contributed by atoms with Crippen LogP contribution in [-0.2, 0) is 9.53 Å². The van der Waals surface area contributed by atoms with Gasteiger partial charge in [0, 0.05) is 18.4 Å².